The Balaban J connectivity index is 1.31. The number of likely N-dealkylation sites (tertiary alicyclic amines) is 2. The van der Waals surface area contributed by atoms with E-state index < -0.39 is 0 Å². The van der Waals surface area contributed by atoms with Gasteiger partial charge in [0.25, 0.3) is 0 Å². The minimum atomic E-state index is 0.368. The Morgan fingerprint density at radius 1 is 0.952 bits per heavy atom. The van der Waals surface area contributed by atoms with Crippen LogP contribution in [0.3, 0.4) is 0 Å². The Morgan fingerprint density at radius 2 is 1.86 bits per heavy atom. The van der Waals surface area contributed by atoms with Crippen molar-refractivity contribution in [1.82, 2.24) is 9.80 Å². The van der Waals surface area contributed by atoms with Crippen molar-refractivity contribution in [3.63, 3.8) is 0 Å². The molecule has 0 bridgehead atoms. The van der Waals surface area contributed by atoms with Gasteiger partial charge in [-0.05, 0) is 58.2 Å². The van der Waals surface area contributed by atoms with Crippen LogP contribution in [0.1, 0.15) is 44.9 Å². The molecule has 0 aromatic heterocycles. The van der Waals surface area contributed by atoms with Crippen molar-refractivity contribution in [3.8, 4) is 0 Å². The van der Waals surface area contributed by atoms with Crippen molar-refractivity contribution in [1.29, 1.82) is 0 Å². The summed E-state index contributed by atoms with van der Waals surface area (Å²) >= 11 is 0. The van der Waals surface area contributed by atoms with Gasteiger partial charge in [0.05, 0.1) is 19.3 Å². The summed E-state index contributed by atoms with van der Waals surface area (Å²) in [6.45, 7) is 8.85. The maximum absolute atomic E-state index is 5.82. The molecule has 3 heterocycles. The van der Waals surface area contributed by atoms with Gasteiger partial charge in [-0.3, -0.25) is 9.80 Å². The molecule has 0 unspecified atom stereocenters. The van der Waals surface area contributed by atoms with Gasteiger partial charge in [-0.2, -0.15) is 0 Å². The molecule has 2 atom stereocenters. The summed E-state index contributed by atoms with van der Waals surface area (Å²) in [5, 5.41) is 0. The van der Waals surface area contributed by atoms with Gasteiger partial charge in [-0.1, -0.05) is 6.42 Å². The van der Waals surface area contributed by atoms with Gasteiger partial charge in [-0.25, -0.2) is 0 Å². The Bertz CT molecular complexity index is 289. The Hall–Kier alpha value is -0.160. The number of rotatable bonds is 6. The molecule has 3 saturated heterocycles. The van der Waals surface area contributed by atoms with Crippen LogP contribution in [-0.4, -0.2) is 74.5 Å². The van der Waals surface area contributed by atoms with Crippen LogP contribution >= 0.6 is 0 Å². The lowest BCUT2D eigenvalue weighted by Gasteiger charge is -2.41. The van der Waals surface area contributed by atoms with E-state index in [1.165, 1.54) is 71.1 Å². The summed E-state index contributed by atoms with van der Waals surface area (Å²) in [7, 11) is 0. The fourth-order valence-corrected chi connectivity index (χ4v) is 4.00. The van der Waals surface area contributed by atoms with Gasteiger partial charge >= 0.3 is 0 Å². The van der Waals surface area contributed by atoms with Crippen molar-refractivity contribution in [2.24, 2.45) is 0 Å². The summed E-state index contributed by atoms with van der Waals surface area (Å²) in [4.78, 5) is 5.35. The standard InChI is InChI=1S/C17H32N2O2/c1-2-9-19(10-3-1)16-6-4-8-18(14-16)11-13-20-15-17-7-5-12-21-17/h16-17H,1-15H2/t16-,17-/m0/s1. The molecule has 0 spiro atoms. The third-order valence-electron chi connectivity index (χ3n) is 5.27. The summed E-state index contributed by atoms with van der Waals surface area (Å²) in [6, 6.07) is 0.803. The first-order valence-corrected chi connectivity index (χ1v) is 9.07. The second-order valence-corrected chi connectivity index (χ2v) is 6.90. The highest BCUT2D eigenvalue weighted by Crippen LogP contribution is 2.20. The average molecular weight is 296 g/mol. The van der Waals surface area contributed by atoms with Crippen molar-refractivity contribution in [3.05, 3.63) is 0 Å². The van der Waals surface area contributed by atoms with Crippen molar-refractivity contribution in [2.75, 3.05) is 52.5 Å². The lowest BCUT2D eigenvalue weighted by molar-refractivity contribution is 0.00380. The molecule has 0 aromatic rings. The van der Waals surface area contributed by atoms with Crippen LogP contribution in [0.2, 0.25) is 0 Å². The summed E-state index contributed by atoms with van der Waals surface area (Å²) < 4.78 is 11.4. The van der Waals surface area contributed by atoms with E-state index in [0.717, 1.165) is 32.4 Å². The van der Waals surface area contributed by atoms with Crippen molar-refractivity contribution >= 4 is 0 Å². The minimum absolute atomic E-state index is 0.368. The number of hydrogen-bond acceptors (Lipinski definition) is 4. The van der Waals surface area contributed by atoms with Gasteiger partial charge in [0.2, 0.25) is 0 Å². The second kappa shape index (κ2) is 8.47. The van der Waals surface area contributed by atoms with E-state index in [2.05, 4.69) is 9.80 Å². The van der Waals surface area contributed by atoms with E-state index in [9.17, 15) is 0 Å². The Labute approximate surface area is 129 Å². The van der Waals surface area contributed by atoms with E-state index in [1.807, 2.05) is 0 Å². The molecule has 3 rings (SSSR count). The maximum atomic E-state index is 5.82. The molecule has 4 heteroatoms. The zero-order valence-corrected chi connectivity index (χ0v) is 13.5. The van der Waals surface area contributed by atoms with Gasteiger partial charge in [0, 0.05) is 25.7 Å². The van der Waals surface area contributed by atoms with Crippen LogP contribution in [0.4, 0.5) is 0 Å². The highest BCUT2D eigenvalue weighted by molar-refractivity contribution is 4.82. The van der Waals surface area contributed by atoms with E-state index in [4.69, 9.17) is 9.47 Å². The van der Waals surface area contributed by atoms with Crippen LogP contribution in [0.25, 0.3) is 0 Å². The quantitative estimate of drug-likeness (QED) is 0.701. The summed E-state index contributed by atoms with van der Waals surface area (Å²) in [5.41, 5.74) is 0. The molecule has 0 radical (unpaired) electrons. The molecular weight excluding hydrogens is 264 g/mol. The molecule has 3 fully saturated rings. The van der Waals surface area contributed by atoms with Gasteiger partial charge < -0.3 is 9.47 Å². The SMILES string of the molecule is C1CCN([C@H]2CCCN(CCOC[C@@H]3CCCO3)C2)CC1. The monoisotopic (exact) mass is 296 g/mol. The molecule has 0 aliphatic carbocycles. The molecule has 21 heavy (non-hydrogen) atoms. The third kappa shape index (κ3) is 4.92. The van der Waals surface area contributed by atoms with E-state index in [0.29, 0.717) is 6.10 Å². The fraction of sp³-hybridized carbons (Fsp3) is 1.00. The molecule has 0 aromatic carbocycles. The van der Waals surface area contributed by atoms with Crippen LogP contribution in [0, 0.1) is 0 Å². The lowest BCUT2D eigenvalue weighted by Crippen LogP contribution is -2.50. The topological polar surface area (TPSA) is 24.9 Å². The van der Waals surface area contributed by atoms with E-state index in [-0.39, 0.29) is 0 Å². The Kier molecular flexibility index (Phi) is 6.34. The molecular formula is C17H32N2O2. The van der Waals surface area contributed by atoms with Crippen LogP contribution in [0.15, 0.2) is 0 Å². The van der Waals surface area contributed by atoms with Gasteiger partial charge in [0.15, 0.2) is 0 Å². The maximum Gasteiger partial charge on any atom is 0.0809 e. The normalized spacial score (nSPS) is 32.6. The number of hydrogen-bond donors (Lipinski definition) is 0. The molecule has 0 amide bonds. The Morgan fingerprint density at radius 3 is 2.67 bits per heavy atom. The first kappa shape index (κ1) is 15.7. The lowest BCUT2D eigenvalue weighted by atomic mass is 10.0. The predicted molar refractivity (Wildman–Crippen MR) is 84.7 cm³/mol. The highest BCUT2D eigenvalue weighted by atomic mass is 16.5. The average Bonchev–Trinajstić information content (AvgIpc) is 3.06. The molecule has 4 nitrogen and oxygen atoms in total. The molecule has 122 valence electrons. The smallest absolute Gasteiger partial charge is 0.0809 e. The molecule has 0 saturated carbocycles. The van der Waals surface area contributed by atoms with Crippen LogP contribution < -0.4 is 0 Å². The van der Waals surface area contributed by atoms with Crippen LogP contribution in [-0.2, 0) is 9.47 Å². The number of ether oxygens (including phenoxy) is 2. The fourth-order valence-electron chi connectivity index (χ4n) is 4.00. The largest absolute Gasteiger partial charge is 0.377 e. The number of nitrogens with zero attached hydrogens (tertiary/aromatic N) is 2. The minimum Gasteiger partial charge on any atom is -0.377 e. The predicted octanol–water partition coefficient (Wildman–Crippen LogP) is 2.13. The van der Waals surface area contributed by atoms with Crippen LogP contribution in [0.5, 0.6) is 0 Å². The van der Waals surface area contributed by atoms with E-state index >= 15 is 0 Å². The van der Waals surface area contributed by atoms with Gasteiger partial charge in [0.1, 0.15) is 0 Å². The second-order valence-electron chi connectivity index (χ2n) is 6.90. The molecule has 3 aliphatic heterocycles. The summed E-state index contributed by atoms with van der Waals surface area (Å²) in [5.74, 6) is 0. The zero-order chi connectivity index (χ0) is 14.3. The van der Waals surface area contributed by atoms with Gasteiger partial charge in [-0.15, -0.1) is 0 Å². The summed E-state index contributed by atoms with van der Waals surface area (Å²) in [6.07, 6.45) is 9.75. The first-order valence-electron chi connectivity index (χ1n) is 9.07. The third-order valence-corrected chi connectivity index (χ3v) is 5.27. The zero-order valence-electron chi connectivity index (χ0n) is 13.5. The highest BCUT2D eigenvalue weighted by Gasteiger charge is 2.26. The first-order chi connectivity index (χ1) is 10.4. The number of piperidine rings is 2. The van der Waals surface area contributed by atoms with Crippen molar-refractivity contribution in [2.45, 2.75) is 57.1 Å². The molecule has 3 aliphatic rings. The van der Waals surface area contributed by atoms with E-state index in [1.54, 1.807) is 0 Å². The molecule has 0 N–H and O–H groups in total. The van der Waals surface area contributed by atoms with Crippen molar-refractivity contribution < 1.29 is 9.47 Å².